The van der Waals surface area contributed by atoms with E-state index in [2.05, 4.69) is 63.5 Å². The first-order chi connectivity index (χ1) is 13.1. The molecule has 0 aromatic carbocycles. The highest BCUT2D eigenvalue weighted by atomic mass is 15.3. The molecule has 0 bridgehead atoms. The van der Waals surface area contributed by atoms with Crippen LogP contribution in [0.2, 0.25) is 0 Å². The van der Waals surface area contributed by atoms with Gasteiger partial charge in [-0.05, 0) is 33.0 Å². The van der Waals surface area contributed by atoms with Crippen LogP contribution in [0.4, 0.5) is 0 Å². The molecular formula is C22H54N6. The first kappa shape index (κ1) is 31.8. The number of nitrogens with zero attached hydrogens (tertiary/aromatic N) is 4. The van der Waals surface area contributed by atoms with E-state index in [4.69, 9.17) is 11.1 Å². The van der Waals surface area contributed by atoms with E-state index in [9.17, 15) is 0 Å². The molecule has 28 heavy (non-hydrogen) atoms. The predicted octanol–water partition coefficient (Wildman–Crippen LogP) is 3.34. The number of guanidine groups is 1. The van der Waals surface area contributed by atoms with Crippen molar-refractivity contribution in [3.8, 4) is 0 Å². The van der Waals surface area contributed by atoms with Crippen LogP contribution in [0, 0.1) is 17.2 Å². The highest BCUT2D eigenvalue weighted by Gasteiger charge is 2.13. The number of hydrogen-bond donors (Lipinski definition) is 2. The average Bonchev–Trinajstić information content (AvgIpc) is 2.68. The first-order valence-corrected chi connectivity index (χ1v) is 11.3. The third kappa shape index (κ3) is 19.9. The molecule has 0 atom stereocenters. The summed E-state index contributed by atoms with van der Waals surface area (Å²) in [7, 11) is 6.43. The molecule has 2 heterocycles. The van der Waals surface area contributed by atoms with Gasteiger partial charge in [0.2, 0.25) is 0 Å². The van der Waals surface area contributed by atoms with Crippen molar-refractivity contribution < 1.29 is 0 Å². The van der Waals surface area contributed by atoms with Gasteiger partial charge < -0.3 is 25.3 Å². The average molecular weight is 403 g/mol. The van der Waals surface area contributed by atoms with Crippen LogP contribution in [0.5, 0.6) is 0 Å². The second kappa shape index (κ2) is 20.9. The van der Waals surface area contributed by atoms with Crippen molar-refractivity contribution in [2.75, 3.05) is 73.5 Å². The maximum absolute atomic E-state index is 7.14. The minimum atomic E-state index is 0.202. The largest absolute Gasteiger partial charge is 0.370 e. The van der Waals surface area contributed by atoms with Gasteiger partial charge in [-0.15, -0.1) is 0 Å². The summed E-state index contributed by atoms with van der Waals surface area (Å²) in [5, 5.41) is 7.14. The van der Waals surface area contributed by atoms with Crippen LogP contribution >= 0.6 is 0 Å². The van der Waals surface area contributed by atoms with Crippen LogP contribution in [-0.2, 0) is 0 Å². The van der Waals surface area contributed by atoms with Gasteiger partial charge in [-0.1, -0.05) is 55.4 Å². The van der Waals surface area contributed by atoms with Gasteiger partial charge in [0.05, 0.1) is 0 Å². The van der Waals surface area contributed by atoms with E-state index in [1.807, 2.05) is 32.6 Å². The Bertz CT molecular complexity index is 301. The number of rotatable bonds is 1. The van der Waals surface area contributed by atoms with E-state index in [1.54, 1.807) is 0 Å². The van der Waals surface area contributed by atoms with E-state index in [1.165, 1.54) is 26.2 Å². The molecule has 2 rings (SSSR count). The van der Waals surface area contributed by atoms with Crippen LogP contribution in [-0.4, -0.2) is 99.1 Å². The standard InChI is InChI=1S/C6H14N4.C6H14N2.C6H14.2C2H6/c1-9-2-4-10(5-3-9)6(7)8;1-7-3-5-8(2)6-4-7;1-5(2)6(3)4;2*1-2/h2-5H2,1H3,(H3,7,8);3-6H2,1-2H3;5-6H,1-4H3;2*1-2H3. The smallest absolute Gasteiger partial charge is 0.188 e. The Morgan fingerprint density at radius 2 is 0.821 bits per heavy atom. The van der Waals surface area contributed by atoms with Crippen molar-refractivity contribution in [2.24, 2.45) is 17.6 Å². The van der Waals surface area contributed by atoms with Crippen LogP contribution in [0.15, 0.2) is 0 Å². The summed E-state index contributed by atoms with van der Waals surface area (Å²) in [6.45, 7) is 25.7. The zero-order valence-corrected chi connectivity index (χ0v) is 21.2. The second-order valence-electron chi connectivity index (χ2n) is 7.77. The van der Waals surface area contributed by atoms with E-state index >= 15 is 0 Å². The Morgan fingerprint density at radius 1 is 0.607 bits per heavy atom. The molecule has 2 aliphatic rings. The maximum atomic E-state index is 7.14. The monoisotopic (exact) mass is 402 g/mol. The number of hydrogen-bond acceptors (Lipinski definition) is 4. The molecule has 6 nitrogen and oxygen atoms in total. The van der Waals surface area contributed by atoms with Crippen molar-refractivity contribution in [3.05, 3.63) is 0 Å². The number of nitrogens with one attached hydrogen (secondary N) is 1. The summed E-state index contributed by atoms with van der Waals surface area (Å²) in [6, 6.07) is 0. The van der Waals surface area contributed by atoms with E-state index in [-0.39, 0.29) is 5.96 Å². The van der Waals surface area contributed by atoms with E-state index in [0.717, 1.165) is 38.0 Å². The van der Waals surface area contributed by atoms with Gasteiger partial charge in [0.15, 0.2) is 5.96 Å². The first-order valence-electron chi connectivity index (χ1n) is 11.3. The third-order valence-corrected chi connectivity index (χ3v) is 4.90. The van der Waals surface area contributed by atoms with Gasteiger partial charge in [0, 0.05) is 52.4 Å². The highest BCUT2D eigenvalue weighted by Crippen LogP contribution is 2.05. The van der Waals surface area contributed by atoms with Gasteiger partial charge in [-0.3, -0.25) is 5.41 Å². The topological polar surface area (TPSA) is 62.8 Å². The summed E-state index contributed by atoms with van der Waals surface area (Å²) < 4.78 is 0. The molecule has 2 fully saturated rings. The van der Waals surface area contributed by atoms with E-state index < -0.39 is 0 Å². The molecule has 2 saturated heterocycles. The Balaban J connectivity index is -0.000000315. The molecule has 6 heteroatoms. The quantitative estimate of drug-likeness (QED) is 0.520. The van der Waals surface area contributed by atoms with Gasteiger partial charge in [0.25, 0.3) is 0 Å². The fourth-order valence-corrected chi connectivity index (χ4v) is 1.95. The van der Waals surface area contributed by atoms with Crippen LogP contribution in [0.1, 0.15) is 55.4 Å². The number of nitrogens with two attached hydrogens (primary N) is 1. The van der Waals surface area contributed by atoms with Crippen molar-refractivity contribution >= 4 is 5.96 Å². The van der Waals surface area contributed by atoms with Gasteiger partial charge >= 0.3 is 0 Å². The molecule has 2 aliphatic heterocycles. The zero-order chi connectivity index (χ0) is 22.7. The maximum Gasteiger partial charge on any atom is 0.188 e. The van der Waals surface area contributed by atoms with Crippen molar-refractivity contribution in [3.63, 3.8) is 0 Å². The lowest BCUT2D eigenvalue weighted by molar-refractivity contribution is 0.181. The molecule has 0 saturated carbocycles. The lowest BCUT2D eigenvalue weighted by Crippen LogP contribution is -2.49. The highest BCUT2D eigenvalue weighted by molar-refractivity contribution is 5.74. The number of piperazine rings is 2. The zero-order valence-electron chi connectivity index (χ0n) is 21.2. The van der Waals surface area contributed by atoms with Gasteiger partial charge in [-0.2, -0.15) is 0 Å². The SMILES string of the molecule is CC.CC.CC(C)C(C)C.CN1CCN(C(=N)N)CC1.CN1CCN(C)CC1. The Hall–Kier alpha value is -0.850. The molecular weight excluding hydrogens is 348 g/mol. The van der Waals surface area contributed by atoms with Crippen molar-refractivity contribution in [1.82, 2.24) is 19.6 Å². The molecule has 172 valence electrons. The van der Waals surface area contributed by atoms with Crippen LogP contribution in [0.3, 0.4) is 0 Å². The third-order valence-electron chi connectivity index (χ3n) is 4.90. The van der Waals surface area contributed by atoms with Gasteiger partial charge in [0.1, 0.15) is 0 Å². The minimum Gasteiger partial charge on any atom is -0.370 e. The molecule has 0 unspecified atom stereocenters. The normalized spacial score (nSPS) is 17.8. The second-order valence-corrected chi connectivity index (χ2v) is 7.77. The fourth-order valence-electron chi connectivity index (χ4n) is 1.95. The molecule has 0 amide bonds. The Morgan fingerprint density at radius 3 is 1.00 bits per heavy atom. The lowest BCUT2D eigenvalue weighted by atomic mass is 10.0. The summed E-state index contributed by atoms with van der Waals surface area (Å²) >= 11 is 0. The summed E-state index contributed by atoms with van der Waals surface area (Å²) in [5.74, 6) is 1.91. The predicted molar refractivity (Wildman–Crippen MR) is 128 cm³/mol. The Kier molecular flexibility index (Phi) is 23.7. The molecule has 0 spiro atoms. The Labute approximate surface area is 177 Å². The van der Waals surface area contributed by atoms with E-state index in [0.29, 0.717) is 0 Å². The van der Waals surface area contributed by atoms with Crippen molar-refractivity contribution in [2.45, 2.75) is 55.4 Å². The van der Waals surface area contributed by atoms with Gasteiger partial charge in [-0.25, -0.2) is 0 Å². The molecule has 0 aliphatic carbocycles. The minimum absolute atomic E-state index is 0.202. The fraction of sp³-hybridized carbons (Fsp3) is 0.955. The summed E-state index contributed by atoms with van der Waals surface area (Å²) in [5.41, 5.74) is 5.30. The molecule has 3 N–H and O–H groups in total. The van der Waals surface area contributed by atoms with Crippen molar-refractivity contribution in [1.29, 1.82) is 5.41 Å². The van der Waals surface area contributed by atoms with Crippen LogP contribution in [0.25, 0.3) is 0 Å². The molecule has 0 radical (unpaired) electrons. The number of likely N-dealkylation sites (N-methyl/N-ethyl adjacent to an activating group) is 3. The summed E-state index contributed by atoms with van der Waals surface area (Å²) in [6.07, 6.45) is 0. The molecule has 0 aromatic rings. The summed E-state index contributed by atoms with van der Waals surface area (Å²) in [4.78, 5) is 8.85. The molecule has 0 aromatic heterocycles. The lowest BCUT2D eigenvalue weighted by Gasteiger charge is -2.32. The van der Waals surface area contributed by atoms with Crippen LogP contribution < -0.4 is 5.73 Å².